The molecule has 2 aromatic carbocycles. The number of imidazole rings is 1. The number of anilines is 1. The van der Waals surface area contributed by atoms with Crippen molar-refractivity contribution >= 4 is 23.0 Å². The second kappa shape index (κ2) is 8.65. The number of rotatable bonds is 6. The lowest BCUT2D eigenvalue weighted by molar-refractivity contribution is -0.137. The van der Waals surface area contributed by atoms with Gasteiger partial charge >= 0.3 is 12.2 Å². The number of aliphatic hydroxyl groups is 1. The van der Waals surface area contributed by atoms with Crippen LogP contribution in [-0.2, 0) is 18.3 Å². The van der Waals surface area contributed by atoms with Crippen LogP contribution in [0, 0.1) is 5.82 Å². The third-order valence-corrected chi connectivity index (χ3v) is 5.06. The molecule has 3 aromatic rings. The van der Waals surface area contributed by atoms with Gasteiger partial charge in [-0.2, -0.15) is 13.2 Å². The summed E-state index contributed by atoms with van der Waals surface area (Å²) in [5.41, 5.74) is -1.12. The molecule has 11 heteroatoms. The van der Waals surface area contributed by atoms with Crippen LogP contribution < -0.4 is 10.6 Å². The van der Waals surface area contributed by atoms with Crippen molar-refractivity contribution in [2.45, 2.75) is 25.2 Å². The second-order valence-corrected chi connectivity index (χ2v) is 7.75. The molecule has 3 rings (SSSR count). The monoisotopic (exact) mass is 453 g/mol. The van der Waals surface area contributed by atoms with E-state index >= 15 is 0 Å². The topological polar surface area (TPSA) is 93.3 Å². The predicted octanol–water partition coefficient (Wildman–Crippen LogP) is 3.81. The fraction of sp³-hybridized carbons (Fsp3) is 0.333. The number of hydrogen-bond acceptors (Lipinski definition) is 4. The van der Waals surface area contributed by atoms with Crippen molar-refractivity contribution < 1.29 is 27.5 Å². The van der Waals surface area contributed by atoms with Crippen LogP contribution in [0.2, 0.25) is 0 Å². The lowest BCUT2D eigenvalue weighted by atomic mass is 9.91. The van der Waals surface area contributed by atoms with E-state index in [0.29, 0.717) is 5.52 Å². The van der Waals surface area contributed by atoms with Crippen LogP contribution in [0.25, 0.3) is 11.0 Å². The van der Waals surface area contributed by atoms with E-state index in [9.17, 15) is 27.5 Å². The highest BCUT2D eigenvalue weighted by molar-refractivity contribution is 5.82. The SMILES string of the molecule is CN(C)C(=O)NCc1c(F)ccc2[nH]c(NC(C)(CO)c3cccc(C(F)(F)F)c3)nc12. The van der Waals surface area contributed by atoms with Gasteiger partial charge in [-0.05, 0) is 36.8 Å². The number of aromatic nitrogens is 2. The Morgan fingerprint density at radius 3 is 2.50 bits per heavy atom. The number of H-pyrrole nitrogens is 1. The van der Waals surface area contributed by atoms with Crippen LogP contribution in [-0.4, -0.2) is 46.7 Å². The van der Waals surface area contributed by atoms with Crippen LogP contribution in [0.3, 0.4) is 0 Å². The number of urea groups is 1. The molecule has 7 nitrogen and oxygen atoms in total. The zero-order chi connectivity index (χ0) is 23.7. The minimum Gasteiger partial charge on any atom is -0.394 e. The molecule has 1 aromatic heterocycles. The Morgan fingerprint density at radius 1 is 1.19 bits per heavy atom. The highest BCUT2D eigenvalue weighted by Crippen LogP contribution is 2.33. The Hall–Kier alpha value is -3.34. The number of amides is 2. The number of benzene rings is 2. The minimum atomic E-state index is -4.53. The Labute approximate surface area is 181 Å². The molecule has 0 saturated carbocycles. The van der Waals surface area contributed by atoms with Gasteiger partial charge in [0, 0.05) is 26.2 Å². The van der Waals surface area contributed by atoms with Crippen molar-refractivity contribution in [3.8, 4) is 0 Å². The summed E-state index contributed by atoms with van der Waals surface area (Å²) in [6.45, 7) is 0.870. The number of halogens is 4. The van der Waals surface area contributed by atoms with E-state index in [2.05, 4.69) is 20.6 Å². The highest BCUT2D eigenvalue weighted by atomic mass is 19.4. The average Bonchev–Trinajstić information content (AvgIpc) is 3.14. The molecule has 1 heterocycles. The third-order valence-electron chi connectivity index (χ3n) is 5.06. The first-order valence-corrected chi connectivity index (χ1v) is 9.63. The minimum absolute atomic E-state index is 0.116. The van der Waals surface area contributed by atoms with Crippen molar-refractivity contribution in [3.05, 3.63) is 58.9 Å². The van der Waals surface area contributed by atoms with Crippen molar-refractivity contribution in [1.29, 1.82) is 0 Å². The zero-order valence-corrected chi connectivity index (χ0v) is 17.6. The molecule has 2 amide bonds. The van der Waals surface area contributed by atoms with Gasteiger partial charge in [0.25, 0.3) is 0 Å². The van der Waals surface area contributed by atoms with E-state index in [-0.39, 0.29) is 29.1 Å². The van der Waals surface area contributed by atoms with Crippen LogP contribution in [0.1, 0.15) is 23.6 Å². The molecule has 0 aliphatic carbocycles. The Morgan fingerprint density at radius 2 is 1.88 bits per heavy atom. The second-order valence-electron chi connectivity index (χ2n) is 7.75. The molecule has 32 heavy (non-hydrogen) atoms. The summed E-state index contributed by atoms with van der Waals surface area (Å²) >= 11 is 0. The summed E-state index contributed by atoms with van der Waals surface area (Å²) in [5, 5.41) is 15.5. The maximum atomic E-state index is 14.4. The third kappa shape index (κ3) is 4.77. The summed E-state index contributed by atoms with van der Waals surface area (Å²) < 4.78 is 53.8. The Bertz CT molecular complexity index is 1130. The molecule has 0 aliphatic rings. The fourth-order valence-corrected chi connectivity index (χ4v) is 3.16. The van der Waals surface area contributed by atoms with E-state index in [1.807, 2.05) is 0 Å². The number of alkyl halides is 3. The summed E-state index contributed by atoms with van der Waals surface area (Å²) in [6, 6.07) is 6.89. The first-order chi connectivity index (χ1) is 14.9. The van der Waals surface area contributed by atoms with Crippen LogP contribution >= 0.6 is 0 Å². The van der Waals surface area contributed by atoms with Gasteiger partial charge in [0.15, 0.2) is 0 Å². The summed E-state index contributed by atoms with van der Waals surface area (Å²) in [4.78, 5) is 20.4. The van der Waals surface area contributed by atoms with E-state index in [1.165, 1.54) is 36.1 Å². The van der Waals surface area contributed by atoms with Gasteiger partial charge < -0.3 is 25.6 Å². The van der Waals surface area contributed by atoms with Gasteiger partial charge in [-0.25, -0.2) is 14.2 Å². The van der Waals surface area contributed by atoms with Gasteiger partial charge in [-0.3, -0.25) is 0 Å². The fourth-order valence-electron chi connectivity index (χ4n) is 3.16. The summed E-state index contributed by atoms with van der Waals surface area (Å²) in [7, 11) is 3.10. The smallest absolute Gasteiger partial charge is 0.394 e. The van der Waals surface area contributed by atoms with Crippen LogP contribution in [0.15, 0.2) is 36.4 Å². The van der Waals surface area contributed by atoms with Gasteiger partial charge in [-0.15, -0.1) is 0 Å². The molecular formula is C21H23F4N5O2. The number of hydrogen-bond donors (Lipinski definition) is 4. The van der Waals surface area contributed by atoms with Crippen LogP contribution in [0.5, 0.6) is 0 Å². The standard InChI is InChI=1S/C21H23F4N5O2/c1-20(11-31,12-5-4-6-13(9-12)21(23,24)25)29-18-27-16-8-7-15(22)14(17(16)28-18)10-26-19(32)30(2)3/h4-9,31H,10-11H2,1-3H3,(H,26,32)(H2,27,28,29). The largest absolute Gasteiger partial charge is 0.416 e. The Balaban J connectivity index is 1.94. The van der Waals surface area contributed by atoms with Gasteiger partial charge in [-0.1, -0.05) is 12.1 Å². The highest BCUT2D eigenvalue weighted by Gasteiger charge is 2.34. The molecule has 0 bridgehead atoms. The van der Waals surface area contributed by atoms with Gasteiger partial charge in [0.05, 0.1) is 28.7 Å². The number of aliphatic hydroxyl groups excluding tert-OH is 1. The average molecular weight is 453 g/mol. The van der Waals surface area contributed by atoms with E-state index < -0.39 is 35.7 Å². The van der Waals surface area contributed by atoms with Crippen molar-refractivity contribution in [3.63, 3.8) is 0 Å². The molecule has 1 unspecified atom stereocenters. The maximum Gasteiger partial charge on any atom is 0.416 e. The molecule has 0 saturated heterocycles. The molecule has 0 fully saturated rings. The molecule has 0 spiro atoms. The van der Waals surface area contributed by atoms with E-state index in [4.69, 9.17) is 0 Å². The molecule has 1 atom stereocenters. The zero-order valence-electron chi connectivity index (χ0n) is 17.6. The molecule has 0 aliphatic heterocycles. The Kier molecular flexibility index (Phi) is 6.31. The maximum absolute atomic E-state index is 14.4. The number of carbonyl (C=O) groups excluding carboxylic acids is 1. The van der Waals surface area contributed by atoms with E-state index in [1.54, 1.807) is 14.1 Å². The van der Waals surface area contributed by atoms with Gasteiger partial charge in [0.1, 0.15) is 5.82 Å². The van der Waals surface area contributed by atoms with Crippen molar-refractivity contribution in [1.82, 2.24) is 20.2 Å². The molecule has 0 radical (unpaired) electrons. The van der Waals surface area contributed by atoms with Crippen molar-refractivity contribution in [2.75, 3.05) is 26.0 Å². The lowest BCUT2D eigenvalue weighted by Gasteiger charge is -2.29. The number of fused-ring (bicyclic) bond motifs is 1. The number of nitrogens with one attached hydrogen (secondary N) is 3. The van der Waals surface area contributed by atoms with Crippen molar-refractivity contribution in [2.24, 2.45) is 0 Å². The van der Waals surface area contributed by atoms with Crippen LogP contribution in [0.4, 0.5) is 28.3 Å². The number of aromatic amines is 1. The lowest BCUT2D eigenvalue weighted by Crippen LogP contribution is -2.36. The normalized spacial score (nSPS) is 13.6. The quantitative estimate of drug-likeness (QED) is 0.427. The molecular weight excluding hydrogens is 430 g/mol. The first-order valence-electron chi connectivity index (χ1n) is 9.63. The van der Waals surface area contributed by atoms with E-state index in [0.717, 1.165) is 12.1 Å². The van der Waals surface area contributed by atoms with Gasteiger partial charge in [0.2, 0.25) is 5.95 Å². The summed E-state index contributed by atoms with van der Waals surface area (Å²) in [6.07, 6.45) is -4.53. The number of nitrogens with zero attached hydrogens (tertiary/aromatic N) is 2. The molecule has 172 valence electrons. The first kappa shape index (κ1) is 23.3. The summed E-state index contributed by atoms with van der Waals surface area (Å²) in [5.74, 6) is -0.447. The molecule has 4 N–H and O–H groups in total. The number of carbonyl (C=O) groups is 1. The predicted molar refractivity (Wildman–Crippen MR) is 111 cm³/mol.